The maximum Gasteiger partial charge on any atom is 0.276 e. The van der Waals surface area contributed by atoms with E-state index in [1.54, 1.807) is 17.2 Å². The van der Waals surface area contributed by atoms with Crippen molar-refractivity contribution in [3.63, 3.8) is 0 Å². The second kappa shape index (κ2) is 7.54. The number of benzene rings is 1. The Labute approximate surface area is 188 Å². The van der Waals surface area contributed by atoms with Crippen LogP contribution in [-0.2, 0) is 11.3 Å². The lowest BCUT2D eigenvalue weighted by Crippen LogP contribution is -2.66. The first-order chi connectivity index (χ1) is 15.3. The topological polar surface area (TPSA) is 67.5 Å². The number of carbonyl (C=O) groups is 2. The summed E-state index contributed by atoms with van der Waals surface area (Å²) in [4.78, 5) is 29.5. The predicted molar refractivity (Wildman–Crippen MR) is 125 cm³/mol. The fraction of sp³-hybridized carbons (Fsp3) is 0.462. The van der Waals surface area contributed by atoms with Crippen molar-refractivity contribution in [3.05, 3.63) is 53.4 Å². The van der Waals surface area contributed by atoms with Gasteiger partial charge in [-0.2, -0.15) is 0 Å². The molecule has 1 N–H and O–H groups in total. The largest absolute Gasteiger partial charge is 0.463 e. The summed E-state index contributed by atoms with van der Waals surface area (Å²) in [7, 11) is 0. The van der Waals surface area contributed by atoms with Crippen molar-refractivity contribution in [3.8, 4) is 0 Å². The molecule has 0 spiro atoms. The maximum absolute atomic E-state index is 13.9. The van der Waals surface area contributed by atoms with Crippen molar-refractivity contribution in [2.75, 3.05) is 4.90 Å². The van der Waals surface area contributed by atoms with Gasteiger partial charge in [0.05, 0.1) is 18.3 Å². The van der Waals surface area contributed by atoms with Crippen LogP contribution in [0, 0.1) is 19.8 Å². The molecular weight excluding hydrogens is 402 g/mol. The summed E-state index contributed by atoms with van der Waals surface area (Å²) < 4.78 is 7.51. The average molecular weight is 434 g/mol. The predicted octanol–water partition coefficient (Wildman–Crippen LogP) is 4.97. The molecule has 0 saturated heterocycles. The van der Waals surface area contributed by atoms with Gasteiger partial charge in [-0.05, 0) is 56.7 Å². The van der Waals surface area contributed by atoms with Crippen LogP contribution in [-0.4, -0.2) is 28.0 Å². The first-order valence-corrected chi connectivity index (χ1v) is 11.6. The molecule has 1 aromatic carbocycles. The van der Waals surface area contributed by atoms with Gasteiger partial charge >= 0.3 is 0 Å². The van der Waals surface area contributed by atoms with Crippen LogP contribution in [0.25, 0.3) is 11.1 Å². The minimum atomic E-state index is -1.07. The number of hydrogen-bond donors (Lipinski definition) is 1. The highest BCUT2D eigenvalue weighted by atomic mass is 16.3. The van der Waals surface area contributed by atoms with E-state index >= 15 is 0 Å². The Morgan fingerprint density at radius 1 is 1.16 bits per heavy atom. The average Bonchev–Trinajstić information content (AvgIpc) is 3.35. The minimum Gasteiger partial charge on any atom is -0.463 e. The smallest absolute Gasteiger partial charge is 0.276 e. The van der Waals surface area contributed by atoms with Gasteiger partial charge in [-0.25, -0.2) is 0 Å². The van der Waals surface area contributed by atoms with Gasteiger partial charge < -0.3 is 14.3 Å². The van der Waals surface area contributed by atoms with Gasteiger partial charge in [-0.1, -0.05) is 31.9 Å². The molecule has 32 heavy (non-hydrogen) atoms. The van der Waals surface area contributed by atoms with Gasteiger partial charge in [0.2, 0.25) is 5.91 Å². The lowest BCUT2D eigenvalue weighted by atomic mass is 9.84. The van der Waals surface area contributed by atoms with E-state index in [-0.39, 0.29) is 17.9 Å². The van der Waals surface area contributed by atoms with Gasteiger partial charge in [0.1, 0.15) is 11.2 Å². The molecule has 2 aromatic heterocycles. The van der Waals surface area contributed by atoms with E-state index in [9.17, 15) is 9.59 Å². The summed E-state index contributed by atoms with van der Waals surface area (Å²) in [6, 6.07) is 9.84. The molecule has 6 heteroatoms. The zero-order valence-corrected chi connectivity index (χ0v) is 19.3. The molecule has 0 bridgehead atoms. The summed E-state index contributed by atoms with van der Waals surface area (Å²) in [5.41, 5.74) is 3.81. The maximum atomic E-state index is 13.9. The molecule has 1 saturated carbocycles. The van der Waals surface area contributed by atoms with E-state index in [1.807, 2.05) is 49.6 Å². The van der Waals surface area contributed by atoms with Crippen LogP contribution in [0.5, 0.6) is 0 Å². The van der Waals surface area contributed by atoms with Crippen molar-refractivity contribution in [1.29, 1.82) is 0 Å². The number of rotatable bonds is 3. The first-order valence-electron chi connectivity index (χ1n) is 11.6. The fourth-order valence-electron chi connectivity index (χ4n) is 5.41. The van der Waals surface area contributed by atoms with Gasteiger partial charge in [-0.15, -0.1) is 0 Å². The molecule has 3 aromatic rings. The molecule has 3 atom stereocenters. The zero-order chi connectivity index (χ0) is 22.6. The van der Waals surface area contributed by atoms with Crippen LogP contribution in [0.4, 0.5) is 5.69 Å². The number of aromatic nitrogens is 1. The molecule has 2 amide bonds. The Bertz CT molecular complexity index is 1210. The molecule has 2 aliphatic rings. The van der Waals surface area contributed by atoms with Crippen molar-refractivity contribution in [2.24, 2.45) is 5.92 Å². The summed E-state index contributed by atoms with van der Waals surface area (Å²) in [6.45, 7) is 8.47. The summed E-state index contributed by atoms with van der Waals surface area (Å²) in [5, 5.41) is 3.33. The van der Waals surface area contributed by atoms with Crippen LogP contribution >= 0.6 is 0 Å². The van der Waals surface area contributed by atoms with E-state index < -0.39 is 5.54 Å². The van der Waals surface area contributed by atoms with E-state index in [0.717, 1.165) is 41.6 Å². The van der Waals surface area contributed by atoms with Crippen molar-refractivity contribution in [2.45, 2.75) is 71.5 Å². The number of anilines is 1. The van der Waals surface area contributed by atoms with Crippen molar-refractivity contribution >= 4 is 28.6 Å². The monoisotopic (exact) mass is 433 g/mol. The lowest BCUT2D eigenvalue weighted by molar-refractivity contribution is -0.127. The number of furan rings is 1. The number of nitrogens with one attached hydrogen (secondary N) is 1. The number of carbonyl (C=O) groups excluding carboxylic acids is 2. The molecule has 5 rings (SSSR count). The standard InChI is InChI=1S/C26H31N3O3/c1-16-9-10-18(3)21(13-16)29-24(30)22-14-23-20(11-12-32-23)28(22)15-26(29,4)25(31)27-19-8-6-5-7-17(19)2/h9-14,17,19H,5-8,15H2,1-4H3,(H,27,31)/t17-,19+,26-/m1/s1. The summed E-state index contributed by atoms with van der Waals surface area (Å²) in [5.74, 6) is 0.166. The third-order valence-electron chi connectivity index (χ3n) is 7.43. The number of aryl methyl sites for hydroxylation is 2. The number of nitrogens with zero attached hydrogens (tertiary/aromatic N) is 2. The van der Waals surface area contributed by atoms with Gasteiger partial charge in [0.15, 0.2) is 5.58 Å². The van der Waals surface area contributed by atoms with E-state index in [2.05, 4.69) is 12.2 Å². The summed E-state index contributed by atoms with van der Waals surface area (Å²) >= 11 is 0. The molecule has 1 aliphatic carbocycles. The highest BCUT2D eigenvalue weighted by Gasteiger charge is 2.49. The van der Waals surface area contributed by atoms with E-state index in [1.165, 1.54) is 6.42 Å². The molecule has 0 radical (unpaired) electrons. The molecule has 168 valence electrons. The summed E-state index contributed by atoms with van der Waals surface area (Å²) in [6.07, 6.45) is 6.08. The van der Waals surface area contributed by atoms with Crippen LogP contribution in [0.3, 0.4) is 0 Å². The minimum absolute atomic E-state index is 0.0958. The Hall–Kier alpha value is -3.02. The Balaban J connectivity index is 1.62. The van der Waals surface area contributed by atoms with Crippen LogP contribution in [0.2, 0.25) is 0 Å². The number of hydrogen-bond acceptors (Lipinski definition) is 3. The normalized spacial score (nSPS) is 25.8. The molecule has 1 fully saturated rings. The third kappa shape index (κ3) is 3.15. The molecule has 3 heterocycles. The Kier molecular flexibility index (Phi) is 4.91. The molecular formula is C26H31N3O3. The number of amides is 2. The highest BCUT2D eigenvalue weighted by Crippen LogP contribution is 2.38. The highest BCUT2D eigenvalue weighted by molar-refractivity contribution is 6.14. The number of fused-ring (bicyclic) bond motifs is 3. The van der Waals surface area contributed by atoms with Crippen LogP contribution in [0.15, 0.2) is 41.0 Å². The quantitative estimate of drug-likeness (QED) is 0.634. The molecule has 6 nitrogen and oxygen atoms in total. The van der Waals surface area contributed by atoms with Gasteiger partial charge in [0.25, 0.3) is 5.91 Å². The third-order valence-corrected chi connectivity index (χ3v) is 7.43. The first kappa shape index (κ1) is 20.9. The van der Waals surface area contributed by atoms with Gasteiger partial charge in [-0.3, -0.25) is 14.5 Å². The SMILES string of the molecule is Cc1ccc(C)c(N2C(=O)c3cc4occc4n3C[C@]2(C)C(=O)N[C@H]2CCCC[C@H]2C)c1. The van der Waals surface area contributed by atoms with E-state index in [0.29, 0.717) is 23.7 Å². The zero-order valence-electron chi connectivity index (χ0n) is 19.3. The van der Waals surface area contributed by atoms with Gasteiger partial charge in [0, 0.05) is 23.9 Å². The molecule has 0 unspecified atom stereocenters. The van der Waals surface area contributed by atoms with Crippen molar-refractivity contribution in [1.82, 2.24) is 9.88 Å². The Morgan fingerprint density at radius 3 is 2.72 bits per heavy atom. The molecule has 1 aliphatic heterocycles. The van der Waals surface area contributed by atoms with Crippen molar-refractivity contribution < 1.29 is 14.0 Å². The van der Waals surface area contributed by atoms with Crippen LogP contribution in [0.1, 0.15) is 61.1 Å². The second-order valence-electron chi connectivity index (χ2n) is 9.83. The van der Waals surface area contributed by atoms with E-state index in [4.69, 9.17) is 4.42 Å². The Morgan fingerprint density at radius 2 is 1.94 bits per heavy atom. The van der Waals surface area contributed by atoms with Crippen LogP contribution < -0.4 is 10.2 Å². The lowest BCUT2D eigenvalue weighted by Gasteiger charge is -2.45. The second-order valence-corrected chi connectivity index (χ2v) is 9.83. The fourth-order valence-corrected chi connectivity index (χ4v) is 5.41.